The highest BCUT2D eigenvalue weighted by Gasteiger charge is 2.05. The van der Waals surface area contributed by atoms with Crippen LogP contribution in [0.15, 0.2) is 42.5 Å². The van der Waals surface area contributed by atoms with Gasteiger partial charge >= 0.3 is 0 Å². The van der Waals surface area contributed by atoms with Crippen molar-refractivity contribution in [1.82, 2.24) is 0 Å². The van der Waals surface area contributed by atoms with Gasteiger partial charge < -0.3 is 4.74 Å². The lowest BCUT2D eigenvalue weighted by Gasteiger charge is -2.11. The number of hydrogen-bond donors (Lipinski definition) is 0. The van der Waals surface area contributed by atoms with Gasteiger partial charge in [-0.05, 0) is 35.2 Å². The quantitative estimate of drug-likeness (QED) is 0.662. The molecule has 106 valence electrons. The van der Waals surface area contributed by atoms with Crippen molar-refractivity contribution >= 4 is 15.9 Å². The number of hydrogen-bond acceptors (Lipinski definition) is 1. The molecule has 0 aliphatic carbocycles. The van der Waals surface area contributed by atoms with E-state index in [-0.39, 0.29) is 5.82 Å². The van der Waals surface area contributed by atoms with E-state index in [2.05, 4.69) is 54.0 Å². The molecule has 0 heterocycles. The molecule has 0 amide bonds. The normalized spacial score (nSPS) is 10.8. The summed E-state index contributed by atoms with van der Waals surface area (Å²) in [6.07, 6.45) is 0. The first kappa shape index (κ1) is 15.0. The fraction of sp³-hybridized carbons (Fsp3) is 0.294. The predicted molar refractivity (Wildman–Crippen MR) is 83.9 cm³/mol. The van der Waals surface area contributed by atoms with Gasteiger partial charge in [0.1, 0.15) is 18.2 Å². The maximum Gasteiger partial charge on any atom is 0.124 e. The Kier molecular flexibility index (Phi) is 5.18. The SMILES string of the molecule is CC(C)c1ccc(COc2ccc(F)cc2CBr)cc1. The highest BCUT2D eigenvalue weighted by Crippen LogP contribution is 2.23. The first-order valence-electron chi connectivity index (χ1n) is 6.66. The van der Waals surface area contributed by atoms with Crippen LogP contribution in [0.2, 0.25) is 0 Å². The van der Waals surface area contributed by atoms with Crippen molar-refractivity contribution in [2.24, 2.45) is 0 Å². The fourth-order valence-electron chi connectivity index (χ4n) is 1.95. The molecule has 0 bridgehead atoms. The van der Waals surface area contributed by atoms with Gasteiger partial charge in [0, 0.05) is 10.9 Å². The topological polar surface area (TPSA) is 9.23 Å². The third kappa shape index (κ3) is 3.83. The van der Waals surface area contributed by atoms with Crippen molar-refractivity contribution in [1.29, 1.82) is 0 Å². The van der Waals surface area contributed by atoms with Crippen LogP contribution in [0.3, 0.4) is 0 Å². The highest BCUT2D eigenvalue weighted by molar-refractivity contribution is 9.08. The largest absolute Gasteiger partial charge is 0.489 e. The van der Waals surface area contributed by atoms with Crippen molar-refractivity contribution in [2.45, 2.75) is 31.7 Å². The van der Waals surface area contributed by atoms with Crippen LogP contribution in [0.4, 0.5) is 4.39 Å². The lowest BCUT2D eigenvalue weighted by atomic mass is 10.0. The highest BCUT2D eigenvalue weighted by atomic mass is 79.9. The molecule has 0 saturated heterocycles. The monoisotopic (exact) mass is 336 g/mol. The summed E-state index contributed by atoms with van der Waals surface area (Å²) in [4.78, 5) is 0. The zero-order chi connectivity index (χ0) is 14.5. The molecule has 3 heteroatoms. The number of rotatable bonds is 5. The van der Waals surface area contributed by atoms with Gasteiger partial charge in [0.15, 0.2) is 0 Å². The lowest BCUT2D eigenvalue weighted by molar-refractivity contribution is 0.303. The van der Waals surface area contributed by atoms with Crippen molar-refractivity contribution in [3.63, 3.8) is 0 Å². The summed E-state index contributed by atoms with van der Waals surface area (Å²) in [6.45, 7) is 4.84. The Morgan fingerprint density at radius 3 is 2.40 bits per heavy atom. The van der Waals surface area contributed by atoms with E-state index in [1.165, 1.54) is 17.7 Å². The molecule has 0 spiro atoms. The third-order valence-corrected chi connectivity index (χ3v) is 3.81. The number of alkyl halides is 1. The molecule has 2 aromatic rings. The van der Waals surface area contributed by atoms with Gasteiger partial charge in [-0.15, -0.1) is 0 Å². The van der Waals surface area contributed by atoms with Crippen molar-refractivity contribution in [3.8, 4) is 5.75 Å². The van der Waals surface area contributed by atoms with E-state index < -0.39 is 0 Å². The van der Waals surface area contributed by atoms with Crippen LogP contribution in [-0.2, 0) is 11.9 Å². The van der Waals surface area contributed by atoms with Crippen LogP contribution >= 0.6 is 15.9 Å². The maximum absolute atomic E-state index is 13.1. The zero-order valence-electron chi connectivity index (χ0n) is 11.7. The molecule has 0 N–H and O–H groups in total. The minimum Gasteiger partial charge on any atom is -0.489 e. The summed E-state index contributed by atoms with van der Waals surface area (Å²) >= 11 is 3.35. The van der Waals surface area contributed by atoms with E-state index >= 15 is 0 Å². The molecule has 2 aromatic carbocycles. The molecule has 0 aromatic heterocycles. The smallest absolute Gasteiger partial charge is 0.124 e. The van der Waals surface area contributed by atoms with E-state index in [0.29, 0.717) is 17.9 Å². The Morgan fingerprint density at radius 2 is 1.80 bits per heavy atom. The summed E-state index contributed by atoms with van der Waals surface area (Å²) in [7, 11) is 0. The fourth-order valence-corrected chi connectivity index (χ4v) is 2.39. The number of halogens is 2. The molecule has 0 saturated carbocycles. The van der Waals surface area contributed by atoms with Crippen molar-refractivity contribution in [2.75, 3.05) is 0 Å². The Bertz CT molecular complexity index is 564. The molecule has 0 aliphatic rings. The second-order valence-electron chi connectivity index (χ2n) is 5.07. The summed E-state index contributed by atoms with van der Waals surface area (Å²) < 4.78 is 18.9. The minimum absolute atomic E-state index is 0.243. The van der Waals surface area contributed by atoms with E-state index in [0.717, 1.165) is 16.9 Å². The molecule has 0 fully saturated rings. The van der Waals surface area contributed by atoms with Gasteiger partial charge in [0.25, 0.3) is 0 Å². The van der Waals surface area contributed by atoms with E-state index in [4.69, 9.17) is 4.74 Å². The van der Waals surface area contributed by atoms with Gasteiger partial charge in [-0.2, -0.15) is 0 Å². The van der Waals surface area contributed by atoms with Gasteiger partial charge in [-0.1, -0.05) is 54.0 Å². The summed E-state index contributed by atoms with van der Waals surface area (Å²) in [5.41, 5.74) is 3.25. The Morgan fingerprint density at radius 1 is 1.10 bits per heavy atom. The summed E-state index contributed by atoms with van der Waals surface area (Å²) in [5, 5.41) is 0.576. The van der Waals surface area contributed by atoms with Crippen LogP contribution < -0.4 is 4.74 Å². The first-order chi connectivity index (χ1) is 9.60. The van der Waals surface area contributed by atoms with Crippen LogP contribution in [0.1, 0.15) is 36.5 Å². The van der Waals surface area contributed by atoms with Crippen LogP contribution in [0.5, 0.6) is 5.75 Å². The molecule has 1 nitrogen and oxygen atoms in total. The minimum atomic E-state index is -0.243. The van der Waals surface area contributed by atoms with Crippen LogP contribution in [0.25, 0.3) is 0 Å². The Balaban J connectivity index is 2.05. The molecule has 0 unspecified atom stereocenters. The van der Waals surface area contributed by atoms with Gasteiger partial charge in [0.05, 0.1) is 0 Å². The summed E-state index contributed by atoms with van der Waals surface area (Å²) in [6, 6.07) is 13.0. The molecular formula is C17H18BrFO. The first-order valence-corrected chi connectivity index (χ1v) is 7.78. The van der Waals surface area contributed by atoms with Crippen LogP contribution in [-0.4, -0.2) is 0 Å². The molecular weight excluding hydrogens is 319 g/mol. The summed E-state index contributed by atoms with van der Waals surface area (Å²) in [5.74, 6) is 1.01. The average molecular weight is 337 g/mol. The lowest BCUT2D eigenvalue weighted by Crippen LogP contribution is -1.99. The van der Waals surface area contributed by atoms with Gasteiger partial charge in [-0.25, -0.2) is 4.39 Å². The average Bonchev–Trinajstić information content (AvgIpc) is 2.46. The predicted octanol–water partition coefficient (Wildman–Crippen LogP) is 5.42. The molecule has 20 heavy (non-hydrogen) atoms. The number of benzene rings is 2. The Labute approximate surface area is 127 Å². The van der Waals surface area contributed by atoms with Crippen molar-refractivity contribution in [3.05, 3.63) is 65.0 Å². The number of ether oxygens (including phenoxy) is 1. The Hall–Kier alpha value is -1.35. The molecule has 0 atom stereocenters. The van der Waals surface area contributed by atoms with Gasteiger partial charge in [0.2, 0.25) is 0 Å². The second kappa shape index (κ2) is 6.89. The van der Waals surface area contributed by atoms with E-state index in [1.54, 1.807) is 6.07 Å². The third-order valence-electron chi connectivity index (χ3n) is 3.21. The zero-order valence-corrected chi connectivity index (χ0v) is 13.3. The molecule has 0 aliphatic heterocycles. The standard InChI is InChI=1S/C17H18BrFO/c1-12(2)14-5-3-13(4-6-14)11-20-17-8-7-16(19)9-15(17)10-18/h3-9,12H,10-11H2,1-2H3. The van der Waals surface area contributed by atoms with E-state index in [1.807, 2.05) is 0 Å². The van der Waals surface area contributed by atoms with E-state index in [9.17, 15) is 4.39 Å². The van der Waals surface area contributed by atoms with Crippen molar-refractivity contribution < 1.29 is 9.13 Å². The van der Waals surface area contributed by atoms with Crippen LogP contribution in [0, 0.1) is 5.82 Å². The molecule has 2 rings (SSSR count). The maximum atomic E-state index is 13.1. The molecule has 0 radical (unpaired) electrons. The second-order valence-corrected chi connectivity index (χ2v) is 5.63. The van der Waals surface area contributed by atoms with Gasteiger partial charge in [-0.3, -0.25) is 0 Å².